The van der Waals surface area contributed by atoms with Gasteiger partial charge in [-0.3, -0.25) is 4.79 Å². The molecule has 0 aromatic rings. The highest BCUT2D eigenvalue weighted by molar-refractivity contribution is 5.82. The normalized spacial score (nSPS) is 45.4. The molecule has 0 bridgehead atoms. The first-order chi connectivity index (χ1) is 6.74. The van der Waals surface area contributed by atoms with Crippen molar-refractivity contribution in [2.75, 3.05) is 13.1 Å². The maximum Gasteiger partial charge on any atom is 0.239 e. The fraction of sp³-hybridized carbons (Fsp3) is 0.909. The molecule has 14 heavy (non-hydrogen) atoms. The van der Waals surface area contributed by atoms with E-state index in [1.807, 2.05) is 4.90 Å². The highest BCUT2D eigenvalue weighted by atomic mass is 16.2. The molecule has 1 N–H and O–H groups in total. The van der Waals surface area contributed by atoms with E-state index in [4.69, 9.17) is 0 Å². The third-order valence-corrected chi connectivity index (χ3v) is 3.91. The van der Waals surface area contributed by atoms with Crippen LogP contribution in [0.5, 0.6) is 0 Å². The SMILES string of the molecule is CC1CCN(C(=O)[C@@H]2C[C@@H]3C[C@@H]3N2)C1. The van der Waals surface area contributed by atoms with Crippen molar-refractivity contribution in [3.63, 3.8) is 0 Å². The summed E-state index contributed by atoms with van der Waals surface area (Å²) in [6.45, 7) is 4.19. The Morgan fingerprint density at radius 2 is 2.29 bits per heavy atom. The lowest BCUT2D eigenvalue weighted by Gasteiger charge is -2.21. The number of carbonyl (C=O) groups is 1. The number of rotatable bonds is 1. The molecule has 1 unspecified atom stereocenters. The highest BCUT2D eigenvalue weighted by Gasteiger charge is 2.48. The topological polar surface area (TPSA) is 32.3 Å². The number of carbonyl (C=O) groups excluding carboxylic acids is 1. The molecule has 0 spiro atoms. The number of hydrogen-bond donors (Lipinski definition) is 1. The zero-order valence-electron chi connectivity index (χ0n) is 8.70. The number of amides is 1. The molecular weight excluding hydrogens is 176 g/mol. The van der Waals surface area contributed by atoms with Crippen molar-refractivity contribution in [3.05, 3.63) is 0 Å². The Morgan fingerprint density at radius 1 is 1.43 bits per heavy atom. The van der Waals surface area contributed by atoms with Crippen LogP contribution in [0, 0.1) is 11.8 Å². The Kier molecular flexibility index (Phi) is 1.84. The first-order valence-corrected chi connectivity index (χ1v) is 5.79. The maximum absolute atomic E-state index is 12.0. The average molecular weight is 194 g/mol. The molecule has 2 aliphatic heterocycles. The molecule has 1 amide bonds. The van der Waals surface area contributed by atoms with Crippen LogP contribution >= 0.6 is 0 Å². The van der Waals surface area contributed by atoms with E-state index in [1.165, 1.54) is 12.8 Å². The summed E-state index contributed by atoms with van der Waals surface area (Å²) in [5.41, 5.74) is 0. The number of nitrogens with one attached hydrogen (secondary N) is 1. The van der Waals surface area contributed by atoms with Gasteiger partial charge in [-0.25, -0.2) is 0 Å². The molecule has 1 saturated carbocycles. The lowest BCUT2D eigenvalue weighted by atomic mass is 10.1. The van der Waals surface area contributed by atoms with Crippen LogP contribution < -0.4 is 5.32 Å². The smallest absolute Gasteiger partial charge is 0.239 e. The first kappa shape index (κ1) is 8.72. The van der Waals surface area contributed by atoms with E-state index in [2.05, 4.69) is 12.2 Å². The quantitative estimate of drug-likeness (QED) is 0.663. The molecular formula is C11H18N2O. The number of piperidine rings is 1. The molecule has 4 atom stereocenters. The van der Waals surface area contributed by atoms with Gasteiger partial charge in [0.15, 0.2) is 0 Å². The van der Waals surface area contributed by atoms with Crippen LogP contribution in [-0.2, 0) is 4.79 Å². The summed E-state index contributed by atoms with van der Waals surface area (Å²) < 4.78 is 0. The van der Waals surface area contributed by atoms with Crippen LogP contribution in [0.4, 0.5) is 0 Å². The third kappa shape index (κ3) is 1.34. The van der Waals surface area contributed by atoms with E-state index in [9.17, 15) is 4.79 Å². The maximum atomic E-state index is 12.0. The molecule has 1 aliphatic carbocycles. The van der Waals surface area contributed by atoms with Gasteiger partial charge in [-0.05, 0) is 31.1 Å². The van der Waals surface area contributed by atoms with Gasteiger partial charge in [-0.1, -0.05) is 6.92 Å². The first-order valence-electron chi connectivity index (χ1n) is 5.79. The Morgan fingerprint density at radius 3 is 2.86 bits per heavy atom. The average Bonchev–Trinajstić information content (AvgIpc) is 2.64. The van der Waals surface area contributed by atoms with Crippen molar-refractivity contribution in [1.29, 1.82) is 0 Å². The van der Waals surface area contributed by atoms with Crippen LogP contribution in [0.25, 0.3) is 0 Å². The van der Waals surface area contributed by atoms with Gasteiger partial charge in [-0.15, -0.1) is 0 Å². The van der Waals surface area contributed by atoms with E-state index in [-0.39, 0.29) is 6.04 Å². The lowest BCUT2D eigenvalue weighted by Crippen LogP contribution is -2.43. The summed E-state index contributed by atoms with van der Waals surface area (Å²) in [4.78, 5) is 14.1. The summed E-state index contributed by atoms with van der Waals surface area (Å²) in [5.74, 6) is 1.89. The molecule has 3 nitrogen and oxygen atoms in total. The van der Waals surface area contributed by atoms with E-state index in [1.54, 1.807) is 0 Å². The second-order valence-electron chi connectivity index (χ2n) is 5.24. The largest absolute Gasteiger partial charge is 0.341 e. The molecule has 3 fully saturated rings. The standard InChI is InChI=1S/C11H18N2O/c1-7-2-3-13(6-7)11(14)10-5-8-4-9(8)12-10/h7-10,12H,2-6H2,1H3/t7?,8-,9-,10-/m0/s1. The fourth-order valence-corrected chi connectivity index (χ4v) is 2.87. The minimum atomic E-state index is 0.157. The van der Waals surface area contributed by atoms with Gasteiger partial charge in [0.25, 0.3) is 0 Å². The Labute approximate surface area is 84.8 Å². The molecule has 3 aliphatic rings. The van der Waals surface area contributed by atoms with Gasteiger partial charge in [0.2, 0.25) is 5.91 Å². The van der Waals surface area contributed by atoms with Crippen LogP contribution in [0.1, 0.15) is 26.2 Å². The molecule has 78 valence electrons. The van der Waals surface area contributed by atoms with Crippen LogP contribution in [0.15, 0.2) is 0 Å². The second kappa shape index (κ2) is 2.96. The van der Waals surface area contributed by atoms with Gasteiger partial charge < -0.3 is 10.2 Å². The van der Waals surface area contributed by atoms with Crippen molar-refractivity contribution in [3.8, 4) is 0 Å². The van der Waals surface area contributed by atoms with Gasteiger partial charge in [0.05, 0.1) is 6.04 Å². The van der Waals surface area contributed by atoms with Crippen molar-refractivity contribution < 1.29 is 4.79 Å². The van der Waals surface area contributed by atoms with E-state index in [0.717, 1.165) is 25.4 Å². The number of likely N-dealkylation sites (tertiary alicyclic amines) is 1. The molecule has 0 radical (unpaired) electrons. The minimum absolute atomic E-state index is 0.157. The Hall–Kier alpha value is -0.570. The summed E-state index contributed by atoms with van der Waals surface area (Å²) >= 11 is 0. The molecule has 2 heterocycles. The van der Waals surface area contributed by atoms with Crippen molar-refractivity contribution in [2.45, 2.75) is 38.3 Å². The van der Waals surface area contributed by atoms with E-state index in [0.29, 0.717) is 17.9 Å². The number of fused-ring (bicyclic) bond motifs is 1. The van der Waals surface area contributed by atoms with Gasteiger partial charge in [-0.2, -0.15) is 0 Å². The van der Waals surface area contributed by atoms with Crippen LogP contribution in [0.2, 0.25) is 0 Å². The predicted octanol–water partition coefficient (Wildman–Crippen LogP) is 0.605. The molecule has 2 saturated heterocycles. The summed E-state index contributed by atoms with van der Waals surface area (Å²) in [6.07, 6.45) is 3.58. The van der Waals surface area contributed by atoms with Crippen LogP contribution in [-0.4, -0.2) is 36.0 Å². The third-order valence-electron chi connectivity index (χ3n) is 3.91. The summed E-state index contributed by atoms with van der Waals surface area (Å²) in [5, 5.41) is 3.43. The second-order valence-corrected chi connectivity index (χ2v) is 5.24. The lowest BCUT2D eigenvalue weighted by molar-refractivity contribution is -0.132. The van der Waals surface area contributed by atoms with Crippen molar-refractivity contribution in [1.82, 2.24) is 10.2 Å². The zero-order chi connectivity index (χ0) is 9.71. The van der Waals surface area contributed by atoms with E-state index >= 15 is 0 Å². The highest BCUT2D eigenvalue weighted by Crippen LogP contribution is 2.41. The monoisotopic (exact) mass is 194 g/mol. The van der Waals surface area contributed by atoms with Crippen molar-refractivity contribution in [2.24, 2.45) is 11.8 Å². The number of hydrogen-bond acceptors (Lipinski definition) is 2. The van der Waals surface area contributed by atoms with Crippen LogP contribution in [0.3, 0.4) is 0 Å². The Bertz CT molecular complexity index is 247. The zero-order valence-corrected chi connectivity index (χ0v) is 8.70. The summed E-state index contributed by atoms with van der Waals surface area (Å²) in [7, 11) is 0. The van der Waals surface area contributed by atoms with Gasteiger partial charge in [0.1, 0.15) is 0 Å². The number of nitrogens with zero attached hydrogens (tertiary/aromatic N) is 1. The van der Waals surface area contributed by atoms with Crippen molar-refractivity contribution >= 4 is 5.91 Å². The fourth-order valence-electron chi connectivity index (χ4n) is 2.87. The predicted molar refractivity (Wildman–Crippen MR) is 53.8 cm³/mol. The molecule has 0 aromatic heterocycles. The molecule has 0 aromatic carbocycles. The van der Waals surface area contributed by atoms with E-state index < -0.39 is 0 Å². The molecule has 3 rings (SSSR count). The summed E-state index contributed by atoms with van der Waals surface area (Å²) in [6, 6.07) is 0.841. The molecule has 3 heteroatoms. The minimum Gasteiger partial charge on any atom is -0.341 e. The van der Waals surface area contributed by atoms with Gasteiger partial charge in [0, 0.05) is 19.1 Å². The Balaban J connectivity index is 1.59. The van der Waals surface area contributed by atoms with Gasteiger partial charge >= 0.3 is 0 Å².